The van der Waals surface area contributed by atoms with Crippen molar-refractivity contribution < 1.29 is 22.4 Å². The maximum atomic E-state index is 13.2. The highest BCUT2D eigenvalue weighted by molar-refractivity contribution is 7.89. The lowest BCUT2D eigenvalue weighted by Crippen LogP contribution is -2.50. The average molecular weight is 478 g/mol. The first-order valence-electron chi connectivity index (χ1n) is 10.1. The van der Waals surface area contributed by atoms with Crippen LogP contribution in [0.3, 0.4) is 0 Å². The lowest BCUT2D eigenvalue weighted by atomic mass is 10.0. The topological polar surface area (TPSA) is 102 Å². The lowest BCUT2D eigenvalue weighted by Gasteiger charge is -2.39. The number of aromatic nitrogens is 1. The molecule has 0 radical (unpaired) electrons. The summed E-state index contributed by atoms with van der Waals surface area (Å²) in [5.74, 6) is -0.551. The van der Waals surface area contributed by atoms with Crippen LogP contribution < -0.4 is 10.7 Å². The average Bonchev–Trinajstić information content (AvgIpc) is 3.07. The van der Waals surface area contributed by atoms with E-state index >= 15 is 0 Å². The van der Waals surface area contributed by atoms with Crippen LogP contribution in [-0.2, 0) is 28.4 Å². The number of rotatable bonds is 3. The fourth-order valence-electron chi connectivity index (χ4n) is 4.32. The van der Waals surface area contributed by atoms with Crippen molar-refractivity contribution in [3.63, 3.8) is 0 Å². The number of fused-ring (bicyclic) bond motifs is 2. The molecule has 3 heterocycles. The van der Waals surface area contributed by atoms with Crippen LogP contribution in [0.4, 0.5) is 10.5 Å². The van der Waals surface area contributed by atoms with E-state index in [4.69, 9.17) is 20.8 Å². The van der Waals surface area contributed by atoms with Gasteiger partial charge in [-0.2, -0.15) is 4.31 Å². The van der Waals surface area contributed by atoms with E-state index in [0.29, 0.717) is 23.4 Å². The van der Waals surface area contributed by atoms with E-state index in [2.05, 4.69) is 0 Å². The second kappa shape index (κ2) is 7.65. The van der Waals surface area contributed by atoms with Crippen molar-refractivity contribution in [3.8, 4) is 0 Å². The molecular weight excluding hydrogens is 458 g/mol. The van der Waals surface area contributed by atoms with Gasteiger partial charge in [0, 0.05) is 42.8 Å². The molecule has 168 valence electrons. The largest absolute Gasteiger partial charge is 0.444 e. The lowest BCUT2D eigenvalue weighted by molar-refractivity contribution is 0.136. The summed E-state index contributed by atoms with van der Waals surface area (Å²) in [5, 5.41) is 0.564. The molecule has 0 saturated carbocycles. The second-order valence-electron chi connectivity index (χ2n) is 7.89. The van der Waals surface area contributed by atoms with Crippen LogP contribution in [0.15, 0.2) is 50.5 Å². The van der Waals surface area contributed by atoms with E-state index in [1.807, 2.05) is 0 Å². The number of amides is 1. The predicted octanol–water partition coefficient (Wildman–Crippen LogP) is 3.09. The molecule has 5 rings (SSSR count). The summed E-state index contributed by atoms with van der Waals surface area (Å²) in [7, 11) is -2.22. The Morgan fingerprint density at radius 2 is 1.81 bits per heavy atom. The Kier molecular flexibility index (Phi) is 5.03. The molecule has 3 aromatic rings. The molecule has 1 amide bonds. The van der Waals surface area contributed by atoms with Crippen molar-refractivity contribution in [2.24, 2.45) is 7.05 Å². The summed E-state index contributed by atoms with van der Waals surface area (Å²) in [6.45, 7) is 0.656. The third-order valence-corrected chi connectivity index (χ3v) is 8.17. The molecule has 11 heteroatoms. The highest BCUT2D eigenvalue weighted by Crippen LogP contribution is 2.34. The maximum Gasteiger partial charge on any atom is 0.419 e. The van der Waals surface area contributed by atoms with E-state index in [0.717, 1.165) is 11.3 Å². The first kappa shape index (κ1) is 21.0. The first-order chi connectivity index (χ1) is 15.3. The zero-order valence-electron chi connectivity index (χ0n) is 17.2. The molecule has 2 aliphatic rings. The quantitative estimate of drug-likeness (QED) is 0.574. The molecule has 1 saturated heterocycles. The zero-order valence-corrected chi connectivity index (χ0v) is 18.7. The number of sulfonamides is 1. The van der Waals surface area contributed by atoms with Gasteiger partial charge in [0.1, 0.15) is 6.61 Å². The number of hydrogen-bond acceptors (Lipinski definition) is 6. The molecule has 2 aromatic carbocycles. The van der Waals surface area contributed by atoms with E-state index < -0.39 is 21.9 Å². The van der Waals surface area contributed by atoms with Crippen LogP contribution in [0.25, 0.3) is 11.1 Å². The number of anilines is 1. The van der Waals surface area contributed by atoms with Gasteiger partial charge in [0.2, 0.25) is 10.0 Å². The van der Waals surface area contributed by atoms with E-state index in [1.165, 1.54) is 21.0 Å². The molecule has 0 atom stereocenters. The molecule has 0 bridgehead atoms. The predicted molar refractivity (Wildman–Crippen MR) is 117 cm³/mol. The van der Waals surface area contributed by atoms with Crippen molar-refractivity contribution in [1.29, 1.82) is 0 Å². The number of carbonyl (C=O) groups is 1. The summed E-state index contributed by atoms with van der Waals surface area (Å²) < 4.78 is 39.5. The number of aryl methyl sites for hydroxylation is 1. The molecule has 9 nitrogen and oxygen atoms in total. The molecule has 32 heavy (non-hydrogen) atoms. The monoisotopic (exact) mass is 477 g/mol. The van der Waals surface area contributed by atoms with Crippen LogP contribution in [0.5, 0.6) is 0 Å². The molecule has 2 aliphatic heterocycles. The van der Waals surface area contributed by atoms with E-state index in [-0.39, 0.29) is 36.2 Å². The van der Waals surface area contributed by atoms with Gasteiger partial charge in [0.25, 0.3) is 0 Å². The Balaban J connectivity index is 1.37. The van der Waals surface area contributed by atoms with Crippen molar-refractivity contribution in [2.75, 3.05) is 18.0 Å². The molecule has 0 spiro atoms. The number of benzene rings is 2. The minimum absolute atomic E-state index is 0.0650. The molecule has 0 unspecified atom stereocenters. The van der Waals surface area contributed by atoms with Crippen LogP contribution in [-0.4, -0.2) is 42.5 Å². The fourth-order valence-corrected chi connectivity index (χ4v) is 6.00. The third-order valence-electron chi connectivity index (χ3n) is 6.04. The minimum atomic E-state index is -3.78. The van der Waals surface area contributed by atoms with Crippen LogP contribution in [0.2, 0.25) is 5.02 Å². The van der Waals surface area contributed by atoms with E-state index in [9.17, 15) is 18.0 Å². The Labute approximate surface area is 188 Å². The highest BCUT2D eigenvalue weighted by Gasteiger charge is 2.37. The number of oxazole rings is 1. The van der Waals surface area contributed by atoms with Gasteiger partial charge in [-0.25, -0.2) is 18.0 Å². The normalized spacial score (nSPS) is 18.1. The minimum Gasteiger partial charge on any atom is -0.444 e. The maximum absolute atomic E-state index is 13.2. The SMILES string of the molecule is Cn1c(=O)oc2cc(S(=O)(=O)N3CCC(N4C(=O)OCc5cc(Cl)ccc54)CC3)ccc21. The molecular formula is C21H20ClN3O6S. The smallest absolute Gasteiger partial charge is 0.419 e. The zero-order chi connectivity index (χ0) is 22.6. The molecule has 0 aliphatic carbocycles. The highest BCUT2D eigenvalue weighted by atomic mass is 35.5. The van der Waals surface area contributed by atoms with Crippen LogP contribution in [0.1, 0.15) is 18.4 Å². The Hall–Kier alpha value is -2.82. The van der Waals surface area contributed by atoms with Crippen LogP contribution >= 0.6 is 11.6 Å². The summed E-state index contributed by atoms with van der Waals surface area (Å²) in [6, 6.07) is 9.51. The third kappa shape index (κ3) is 3.39. The van der Waals surface area contributed by atoms with Gasteiger partial charge in [-0.05, 0) is 43.2 Å². The second-order valence-corrected chi connectivity index (χ2v) is 10.3. The standard InChI is InChI=1S/C21H20ClN3O6S/c1-23-18-5-3-16(11-19(18)31-20(23)26)32(28,29)24-8-6-15(7-9-24)25-17-4-2-14(22)10-13(17)12-30-21(25)27/h2-5,10-11,15H,6-9,12H2,1H3. The van der Waals surface area contributed by atoms with Crippen molar-refractivity contribution in [2.45, 2.75) is 30.4 Å². The van der Waals surface area contributed by atoms with Gasteiger partial charge >= 0.3 is 11.8 Å². The molecule has 0 N–H and O–H groups in total. The van der Waals surface area contributed by atoms with Crippen LogP contribution in [0, 0.1) is 0 Å². The number of halogens is 1. The Morgan fingerprint density at radius 3 is 2.56 bits per heavy atom. The Bertz CT molecular complexity index is 1390. The number of piperidine rings is 1. The number of cyclic esters (lactones) is 1. The summed E-state index contributed by atoms with van der Waals surface area (Å²) in [4.78, 5) is 25.9. The van der Waals surface area contributed by atoms with Gasteiger partial charge < -0.3 is 9.15 Å². The van der Waals surface area contributed by atoms with Gasteiger partial charge in [0.15, 0.2) is 5.58 Å². The van der Waals surface area contributed by atoms with Gasteiger partial charge in [0.05, 0.1) is 16.1 Å². The molecule has 1 aromatic heterocycles. The number of hydrogen-bond donors (Lipinski definition) is 0. The number of carbonyl (C=O) groups excluding carboxylic acids is 1. The Morgan fingerprint density at radius 1 is 1.06 bits per heavy atom. The van der Waals surface area contributed by atoms with Gasteiger partial charge in [-0.1, -0.05) is 11.6 Å². The number of ether oxygens (including phenoxy) is 1. The van der Waals surface area contributed by atoms with Gasteiger partial charge in [-0.15, -0.1) is 0 Å². The van der Waals surface area contributed by atoms with E-state index in [1.54, 1.807) is 36.2 Å². The van der Waals surface area contributed by atoms with Gasteiger partial charge in [-0.3, -0.25) is 9.47 Å². The van der Waals surface area contributed by atoms with Crippen molar-refractivity contribution in [3.05, 3.63) is 57.5 Å². The summed E-state index contributed by atoms with van der Waals surface area (Å²) in [6.07, 6.45) is 0.476. The fraction of sp³-hybridized carbons (Fsp3) is 0.333. The molecule has 1 fully saturated rings. The summed E-state index contributed by atoms with van der Waals surface area (Å²) >= 11 is 6.06. The van der Waals surface area contributed by atoms with Crippen molar-refractivity contribution >= 4 is 44.5 Å². The first-order valence-corrected chi connectivity index (χ1v) is 11.9. The number of nitrogens with zero attached hydrogens (tertiary/aromatic N) is 3. The summed E-state index contributed by atoms with van der Waals surface area (Å²) in [5.41, 5.74) is 2.32. The van der Waals surface area contributed by atoms with Crippen molar-refractivity contribution in [1.82, 2.24) is 8.87 Å².